The third kappa shape index (κ3) is 2.96. The Balaban J connectivity index is 2.00. The van der Waals surface area contributed by atoms with Crippen LogP contribution in [-0.4, -0.2) is 35.1 Å². The van der Waals surface area contributed by atoms with Crippen molar-refractivity contribution in [1.82, 2.24) is 4.90 Å². The van der Waals surface area contributed by atoms with Crippen LogP contribution in [0.15, 0.2) is 30.3 Å². The van der Waals surface area contributed by atoms with Gasteiger partial charge in [0.25, 0.3) is 0 Å². The van der Waals surface area contributed by atoms with Crippen LogP contribution in [-0.2, 0) is 4.79 Å². The highest BCUT2D eigenvalue weighted by Gasteiger charge is 2.26. The summed E-state index contributed by atoms with van der Waals surface area (Å²) >= 11 is 0. The number of aliphatic hydroxyl groups is 1. The van der Waals surface area contributed by atoms with Crippen molar-refractivity contribution in [3.05, 3.63) is 41.7 Å². The Morgan fingerprint density at radius 2 is 2.17 bits per heavy atom. The molecule has 3 nitrogen and oxygen atoms in total. The van der Waals surface area contributed by atoms with Crippen LogP contribution in [0.2, 0.25) is 0 Å². The smallest absolute Gasteiger partial charge is 0.246 e. The number of nitrogens with zero attached hydrogens (tertiary/aromatic N) is 1. The molecule has 0 aromatic heterocycles. The first-order valence-electron chi connectivity index (χ1n) is 6.06. The number of carbonyl (C=O) groups is 1. The summed E-state index contributed by atoms with van der Waals surface area (Å²) in [7, 11) is 0. The van der Waals surface area contributed by atoms with E-state index in [4.69, 9.17) is 5.11 Å². The molecule has 1 aromatic rings. The first-order valence-corrected chi connectivity index (χ1v) is 6.06. The van der Waals surface area contributed by atoms with E-state index in [0.29, 0.717) is 6.54 Å². The van der Waals surface area contributed by atoms with Crippen LogP contribution < -0.4 is 0 Å². The summed E-state index contributed by atoms with van der Waals surface area (Å²) in [5.41, 5.74) is 0.782. The van der Waals surface area contributed by atoms with Gasteiger partial charge >= 0.3 is 0 Å². The summed E-state index contributed by atoms with van der Waals surface area (Å²) in [4.78, 5) is 13.6. The molecule has 1 unspecified atom stereocenters. The minimum Gasteiger partial charge on any atom is -0.394 e. The van der Waals surface area contributed by atoms with Crippen LogP contribution in [0.3, 0.4) is 0 Å². The maximum Gasteiger partial charge on any atom is 0.246 e. The quantitative estimate of drug-likeness (QED) is 0.830. The third-order valence-electron chi connectivity index (χ3n) is 3.16. The van der Waals surface area contributed by atoms with Gasteiger partial charge < -0.3 is 10.0 Å². The maximum atomic E-state index is 12.7. The summed E-state index contributed by atoms with van der Waals surface area (Å²) in [6, 6.07) is 5.89. The molecule has 1 aliphatic heterocycles. The van der Waals surface area contributed by atoms with Crippen LogP contribution in [0.25, 0.3) is 6.08 Å². The van der Waals surface area contributed by atoms with Gasteiger partial charge in [0.1, 0.15) is 5.82 Å². The first-order chi connectivity index (χ1) is 8.70. The fourth-order valence-corrected chi connectivity index (χ4v) is 2.15. The van der Waals surface area contributed by atoms with Crippen molar-refractivity contribution in [1.29, 1.82) is 0 Å². The van der Waals surface area contributed by atoms with E-state index >= 15 is 0 Å². The van der Waals surface area contributed by atoms with E-state index in [1.165, 1.54) is 18.2 Å². The average molecular weight is 249 g/mol. The number of benzene rings is 1. The van der Waals surface area contributed by atoms with Gasteiger partial charge in [-0.3, -0.25) is 4.79 Å². The first kappa shape index (κ1) is 12.8. The van der Waals surface area contributed by atoms with Crippen LogP contribution >= 0.6 is 0 Å². The molecule has 1 heterocycles. The van der Waals surface area contributed by atoms with Gasteiger partial charge in [-0.15, -0.1) is 0 Å². The lowest BCUT2D eigenvalue weighted by Gasteiger charge is -2.21. The molecule has 2 rings (SSSR count). The van der Waals surface area contributed by atoms with Crippen LogP contribution in [0.5, 0.6) is 0 Å². The standard InChI is InChI=1S/C14H16FNO2/c15-12-6-3-11(4-7-12)5-8-14(18)16-9-1-2-13(16)10-17/h3-8,13,17H,1-2,9-10H2. The Hall–Kier alpha value is -1.68. The highest BCUT2D eigenvalue weighted by Crippen LogP contribution is 2.17. The number of carbonyl (C=O) groups excluding carboxylic acids is 1. The molecular formula is C14H16FNO2. The Morgan fingerprint density at radius 1 is 1.44 bits per heavy atom. The second-order valence-electron chi connectivity index (χ2n) is 4.40. The predicted molar refractivity (Wildman–Crippen MR) is 67.3 cm³/mol. The van der Waals surface area contributed by atoms with Crippen molar-refractivity contribution in [3.8, 4) is 0 Å². The molecule has 0 saturated carbocycles. The highest BCUT2D eigenvalue weighted by atomic mass is 19.1. The number of hydrogen-bond donors (Lipinski definition) is 1. The molecule has 0 radical (unpaired) electrons. The number of aliphatic hydroxyl groups excluding tert-OH is 1. The van der Waals surface area contributed by atoms with E-state index in [0.717, 1.165) is 18.4 Å². The van der Waals surface area contributed by atoms with E-state index in [-0.39, 0.29) is 24.4 Å². The zero-order valence-electron chi connectivity index (χ0n) is 10.1. The second kappa shape index (κ2) is 5.78. The van der Waals surface area contributed by atoms with Gasteiger partial charge in [0, 0.05) is 12.6 Å². The summed E-state index contributed by atoms with van der Waals surface area (Å²) in [6.07, 6.45) is 4.92. The van der Waals surface area contributed by atoms with Crippen molar-refractivity contribution >= 4 is 12.0 Å². The lowest BCUT2D eigenvalue weighted by atomic mass is 10.2. The monoisotopic (exact) mass is 249 g/mol. The lowest BCUT2D eigenvalue weighted by molar-refractivity contribution is -0.127. The summed E-state index contributed by atoms with van der Waals surface area (Å²) < 4.78 is 12.7. The molecule has 1 amide bonds. The molecule has 1 saturated heterocycles. The summed E-state index contributed by atoms with van der Waals surface area (Å²) in [5, 5.41) is 9.14. The molecule has 0 bridgehead atoms. The largest absolute Gasteiger partial charge is 0.394 e. The molecule has 1 aliphatic rings. The maximum absolute atomic E-state index is 12.7. The third-order valence-corrected chi connectivity index (χ3v) is 3.16. The fraction of sp³-hybridized carbons (Fsp3) is 0.357. The number of amides is 1. The Morgan fingerprint density at radius 3 is 2.83 bits per heavy atom. The Labute approximate surface area is 106 Å². The number of hydrogen-bond acceptors (Lipinski definition) is 2. The fourth-order valence-electron chi connectivity index (χ4n) is 2.15. The zero-order valence-corrected chi connectivity index (χ0v) is 10.1. The van der Waals surface area contributed by atoms with E-state index in [1.807, 2.05) is 0 Å². The number of rotatable bonds is 3. The molecule has 1 N–H and O–H groups in total. The average Bonchev–Trinajstić information content (AvgIpc) is 2.86. The highest BCUT2D eigenvalue weighted by molar-refractivity contribution is 5.92. The van der Waals surface area contributed by atoms with Gasteiger partial charge in [0.15, 0.2) is 0 Å². The Bertz CT molecular complexity index is 442. The van der Waals surface area contributed by atoms with E-state index < -0.39 is 0 Å². The van der Waals surface area contributed by atoms with Crippen molar-refractivity contribution < 1.29 is 14.3 Å². The van der Waals surface area contributed by atoms with Gasteiger partial charge in [-0.25, -0.2) is 4.39 Å². The van der Waals surface area contributed by atoms with Crippen LogP contribution in [0.4, 0.5) is 4.39 Å². The molecule has 4 heteroatoms. The van der Waals surface area contributed by atoms with Gasteiger partial charge in [-0.2, -0.15) is 0 Å². The molecule has 96 valence electrons. The number of halogens is 1. The van der Waals surface area contributed by atoms with Gasteiger partial charge in [-0.1, -0.05) is 12.1 Å². The minimum absolute atomic E-state index is 0.0100. The summed E-state index contributed by atoms with van der Waals surface area (Å²) in [5.74, 6) is -0.394. The van der Waals surface area contributed by atoms with Crippen molar-refractivity contribution in [2.75, 3.05) is 13.2 Å². The molecule has 1 aromatic carbocycles. The van der Waals surface area contributed by atoms with Gasteiger partial charge in [0.2, 0.25) is 5.91 Å². The normalized spacial score (nSPS) is 19.7. The van der Waals surface area contributed by atoms with Crippen LogP contribution in [0.1, 0.15) is 18.4 Å². The molecule has 18 heavy (non-hydrogen) atoms. The summed E-state index contributed by atoms with van der Waals surface area (Å²) in [6.45, 7) is 0.702. The van der Waals surface area contributed by atoms with Gasteiger partial charge in [0.05, 0.1) is 12.6 Å². The zero-order chi connectivity index (χ0) is 13.0. The van der Waals surface area contributed by atoms with Crippen LogP contribution in [0, 0.1) is 5.82 Å². The molecule has 0 aliphatic carbocycles. The predicted octanol–water partition coefficient (Wildman–Crippen LogP) is 1.82. The van der Waals surface area contributed by atoms with E-state index in [9.17, 15) is 9.18 Å². The molecule has 1 fully saturated rings. The molecular weight excluding hydrogens is 233 g/mol. The lowest BCUT2D eigenvalue weighted by Crippen LogP contribution is -2.36. The van der Waals surface area contributed by atoms with E-state index in [2.05, 4.69) is 0 Å². The van der Waals surface area contributed by atoms with E-state index in [1.54, 1.807) is 23.1 Å². The van der Waals surface area contributed by atoms with Gasteiger partial charge in [-0.05, 0) is 36.6 Å². The van der Waals surface area contributed by atoms with Crippen molar-refractivity contribution in [3.63, 3.8) is 0 Å². The number of likely N-dealkylation sites (tertiary alicyclic amines) is 1. The Kier molecular flexibility index (Phi) is 4.10. The SMILES string of the molecule is O=C(C=Cc1ccc(F)cc1)N1CCCC1CO. The van der Waals surface area contributed by atoms with Crippen molar-refractivity contribution in [2.24, 2.45) is 0 Å². The molecule has 1 atom stereocenters. The topological polar surface area (TPSA) is 40.5 Å². The van der Waals surface area contributed by atoms with Crippen molar-refractivity contribution in [2.45, 2.75) is 18.9 Å². The molecule has 0 spiro atoms. The second-order valence-corrected chi connectivity index (χ2v) is 4.40. The minimum atomic E-state index is -0.293.